The molecule has 162 valence electrons. The minimum absolute atomic E-state index is 0. The van der Waals surface area contributed by atoms with Crippen molar-refractivity contribution < 1.29 is 19.5 Å². The summed E-state index contributed by atoms with van der Waals surface area (Å²) < 4.78 is 0. The molecule has 6 N–H and O–H groups in total. The molecule has 4 rings (SSSR count). The minimum Gasteiger partial charge on any atom is -0.375 e. The Hall–Kier alpha value is -3.40. The monoisotopic (exact) mass is 524 g/mol. The minimum atomic E-state index is 0. The van der Waals surface area contributed by atoms with E-state index in [1.807, 2.05) is 60.7 Å². The second-order valence-corrected chi connectivity index (χ2v) is 7.18. The molecule has 0 radical (unpaired) electrons. The zero-order chi connectivity index (χ0) is 22.8. The fourth-order valence-electron chi connectivity index (χ4n) is 2.81. The SMILES string of the molecule is NC(=S)NN=Cc1nccc2ccccc12.NC(=S)NN=Cc1nccc2ccccc12.[Zn]. The molecule has 0 unspecified atom stereocenters. The van der Waals surface area contributed by atoms with Gasteiger partial charge in [-0.05, 0) is 47.3 Å². The number of nitrogens with one attached hydrogen (secondary N) is 2. The zero-order valence-corrected chi connectivity index (χ0v) is 22.2. The van der Waals surface area contributed by atoms with Crippen LogP contribution in [0.1, 0.15) is 11.4 Å². The number of aromatic nitrogens is 2. The second-order valence-electron chi connectivity index (χ2n) is 6.30. The molecular weight excluding hydrogens is 506 g/mol. The first-order valence-corrected chi connectivity index (χ1v) is 10.2. The van der Waals surface area contributed by atoms with E-state index in [1.54, 1.807) is 24.8 Å². The third-order valence-electron chi connectivity index (χ3n) is 4.13. The van der Waals surface area contributed by atoms with Gasteiger partial charge in [-0.2, -0.15) is 10.2 Å². The van der Waals surface area contributed by atoms with E-state index in [0.717, 1.165) is 32.9 Å². The van der Waals surface area contributed by atoms with Crippen molar-refractivity contribution in [3.05, 3.63) is 84.4 Å². The van der Waals surface area contributed by atoms with Crippen LogP contribution in [0.4, 0.5) is 0 Å². The molecule has 0 aliphatic rings. The number of hydrogen-bond acceptors (Lipinski definition) is 6. The smallest absolute Gasteiger partial charge is 0.184 e. The molecule has 0 saturated carbocycles. The molecule has 33 heavy (non-hydrogen) atoms. The van der Waals surface area contributed by atoms with E-state index in [9.17, 15) is 0 Å². The molecule has 0 saturated heterocycles. The van der Waals surface area contributed by atoms with E-state index >= 15 is 0 Å². The van der Waals surface area contributed by atoms with Gasteiger partial charge in [0.05, 0.1) is 23.8 Å². The maximum absolute atomic E-state index is 5.26. The van der Waals surface area contributed by atoms with Crippen molar-refractivity contribution in [2.24, 2.45) is 21.7 Å². The zero-order valence-electron chi connectivity index (χ0n) is 17.6. The average Bonchev–Trinajstić information content (AvgIpc) is 2.79. The molecular formula is C22H20N8S2Zn. The second kappa shape index (κ2) is 13.2. The van der Waals surface area contributed by atoms with E-state index in [1.165, 1.54) is 0 Å². The summed E-state index contributed by atoms with van der Waals surface area (Å²) in [6.45, 7) is 0. The van der Waals surface area contributed by atoms with Crippen LogP contribution in [0.15, 0.2) is 83.3 Å². The van der Waals surface area contributed by atoms with Gasteiger partial charge in [-0.1, -0.05) is 48.5 Å². The molecule has 0 aliphatic heterocycles. The van der Waals surface area contributed by atoms with Crippen molar-refractivity contribution in [1.29, 1.82) is 0 Å². The van der Waals surface area contributed by atoms with E-state index in [-0.39, 0.29) is 29.7 Å². The Balaban J connectivity index is 0.000000227. The van der Waals surface area contributed by atoms with Gasteiger partial charge in [0.25, 0.3) is 0 Å². The summed E-state index contributed by atoms with van der Waals surface area (Å²) >= 11 is 9.28. The molecule has 0 amide bonds. The molecule has 0 atom stereocenters. The van der Waals surface area contributed by atoms with Crippen LogP contribution in [0.5, 0.6) is 0 Å². The third-order valence-corrected chi connectivity index (χ3v) is 4.31. The average molecular weight is 526 g/mol. The molecule has 0 bridgehead atoms. The fourth-order valence-corrected chi connectivity index (χ4v) is 2.91. The van der Waals surface area contributed by atoms with Gasteiger partial charge in [0.2, 0.25) is 0 Å². The largest absolute Gasteiger partial charge is 0.375 e. The van der Waals surface area contributed by atoms with E-state index in [2.05, 4.69) is 55.5 Å². The van der Waals surface area contributed by atoms with Gasteiger partial charge >= 0.3 is 0 Å². The number of benzene rings is 2. The standard InChI is InChI=1S/2C11H10N4S.Zn/c2*12-11(16)15-14-7-10-9-4-2-1-3-8(9)5-6-13-10;/h2*1-7H,(H3,12,15,16);. The number of thiocarbonyl (C=S) groups is 2. The van der Waals surface area contributed by atoms with Crippen LogP contribution in [-0.4, -0.2) is 32.6 Å². The summed E-state index contributed by atoms with van der Waals surface area (Å²) in [6.07, 6.45) is 6.68. The topological polar surface area (TPSA) is 127 Å². The van der Waals surface area contributed by atoms with Crippen molar-refractivity contribution in [3.63, 3.8) is 0 Å². The first kappa shape index (κ1) is 25.9. The summed E-state index contributed by atoms with van der Waals surface area (Å²) in [5.41, 5.74) is 17.1. The predicted octanol–water partition coefficient (Wildman–Crippen LogP) is 2.80. The molecule has 8 nitrogen and oxygen atoms in total. The summed E-state index contributed by atoms with van der Waals surface area (Å²) in [4.78, 5) is 8.46. The number of hydrazone groups is 2. The van der Waals surface area contributed by atoms with Crippen molar-refractivity contribution >= 4 is 68.6 Å². The Morgan fingerprint density at radius 2 is 1.09 bits per heavy atom. The molecule has 0 spiro atoms. The first-order chi connectivity index (χ1) is 15.5. The van der Waals surface area contributed by atoms with Crippen molar-refractivity contribution in [3.8, 4) is 0 Å². The van der Waals surface area contributed by atoms with Crippen molar-refractivity contribution in [2.75, 3.05) is 0 Å². The van der Waals surface area contributed by atoms with Gasteiger partial charge < -0.3 is 11.5 Å². The summed E-state index contributed by atoms with van der Waals surface area (Å²) in [7, 11) is 0. The Morgan fingerprint density at radius 3 is 1.48 bits per heavy atom. The van der Waals surface area contributed by atoms with Crippen LogP contribution < -0.4 is 22.3 Å². The summed E-state index contributed by atoms with van der Waals surface area (Å²) in [5.74, 6) is 0. The maximum Gasteiger partial charge on any atom is 0.184 e. The number of hydrogen-bond donors (Lipinski definition) is 4. The Morgan fingerprint density at radius 1 is 0.697 bits per heavy atom. The first-order valence-electron chi connectivity index (χ1n) is 9.39. The number of nitrogens with two attached hydrogens (primary N) is 2. The van der Waals surface area contributed by atoms with Crippen LogP contribution >= 0.6 is 24.4 Å². The van der Waals surface area contributed by atoms with Gasteiger partial charge in [-0.25, -0.2) is 0 Å². The number of rotatable bonds is 4. The van der Waals surface area contributed by atoms with Crippen LogP contribution in [0.25, 0.3) is 21.5 Å². The van der Waals surface area contributed by atoms with Gasteiger partial charge in [0, 0.05) is 42.6 Å². The Kier molecular flexibility index (Phi) is 10.4. The molecule has 2 heterocycles. The Labute approximate surface area is 214 Å². The molecule has 2 aromatic heterocycles. The molecule has 0 fully saturated rings. The van der Waals surface area contributed by atoms with Gasteiger partial charge in [0.15, 0.2) is 10.2 Å². The van der Waals surface area contributed by atoms with Crippen LogP contribution in [0.3, 0.4) is 0 Å². The molecule has 11 heteroatoms. The Bertz CT molecular complexity index is 1200. The summed E-state index contributed by atoms with van der Waals surface area (Å²) in [5, 5.41) is 12.4. The van der Waals surface area contributed by atoms with Gasteiger partial charge in [-0.3, -0.25) is 20.8 Å². The summed E-state index contributed by atoms with van der Waals surface area (Å²) in [6, 6.07) is 19.8. The molecule has 4 aromatic rings. The quantitative estimate of drug-likeness (QED) is 0.139. The fraction of sp³-hybridized carbons (Fsp3) is 0. The number of fused-ring (bicyclic) bond motifs is 2. The van der Waals surface area contributed by atoms with Crippen LogP contribution in [-0.2, 0) is 19.5 Å². The van der Waals surface area contributed by atoms with Crippen LogP contribution in [0, 0.1) is 0 Å². The van der Waals surface area contributed by atoms with E-state index in [0.29, 0.717) is 0 Å². The predicted molar refractivity (Wildman–Crippen MR) is 139 cm³/mol. The molecule has 0 aliphatic carbocycles. The van der Waals surface area contributed by atoms with Crippen LogP contribution in [0.2, 0.25) is 0 Å². The van der Waals surface area contributed by atoms with Crippen molar-refractivity contribution in [2.45, 2.75) is 0 Å². The normalized spacial score (nSPS) is 10.4. The van der Waals surface area contributed by atoms with E-state index < -0.39 is 0 Å². The maximum atomic E-state index is 5.26. The van der Waals surface area contributed by atoms with Crippen molar-refractivity contribution in [1.82, 2.24) is 20.8 Å². The van der Waals surface area contributed by atoms with E-state index in [4.69, 9.17) is 11.5 Å². The number of pyridine rings is 2. The van der Waals surface area contributed by atoms with Gasteiger partial charge in [-0.15, -0.1) is 0 Å². The third kappa shape index (κ3) is 7.91. The van der Waals surface area contributed by atoms with Gasteiger partial charge in [0.1, 0.15) is 0 Å². The number of nitrogens with zero attached hydrogens (tertiary/aromatic N) is 4. The molecule has 2 aromatic carbocycles.